The van der Waals surface area contributed by atoms with Crippen molar-refractivity contribution in [2.24, 2.45) is 0 Å². The molecular weight excluding hydrogens is 311 g/mol. The molecule has 120 valence electrons. The van der Waals surface area contributed by atoms with Crippen LogP contribution in [0.15, 0.2) is 6.07 Å². The molecule has 11 heteroatoms. The Balaban J connectivity index is 2.80. The van der Waals surface area contributed by atoms with Gasteiger partial charge in [0.05, 0.1) is 5.75 Å². The van der Waals surface area contributed by atoms with Gasteiger partial charge in [-0.3, -0.25) is 0 Å². The number of hydrogen-bond acceptors (Lipinski definition) is 6. The van der Waals surface area contributed by atoms with Gasteiger partial charge in [-0.25, -0.2) is 23.1 Å². The van der Waals surface area contributed by atoms with Crippen LogP contribution in [-0.4, -0.2) is 44.3 Å². The van der Waals surface area contributed by atoms with E-state index in [0.29, 0.717) is 0 Å². The van der Waals surface area contributed by atoms with Crippen molar-refractivity contribution >= 4 is 21.7 Å². The number of hydrogen-bond donors (Lipinski definition) is 3. The molecule has 0 aliphatic carbocycles. The van der Waals surface area contributed by atoms with Crippen LogP contribution in [0.25, 0.3) is 0 Å². The normalized spacial score (nSPS) is 12.2. The Morgan fingerprint density at radius 2 is 1.86 bits per heavy atom. The van der Waals surface area contributed by atoms with Crippen molar-refractivity contribution in [3.63, 3.8) is 0 Å². The summed E-state index contributed by atoms with van der Waals surface area (Å²) in [5.41, 5.74) is 0. The Morgan fingerprint density at radius 1 is 1.24 bits per heavy atom. The van der Waals surface area contributed by atoms with Gasteiger partial charge in [-0.2, -0.15) is 13.2 Å². The summed E-state index contributed by atoms with van der Waals surface area (Å²) in [5, 5.41) is 5.02. The molecular formula is C10H16F3N5O2S. The molecule has 1 aromatic rings. The van der Waals surface area contributed by atoms with Gasteiger partial charge in [0.25, 0.3) is 0 Å². The van der Waals surface area contributed by atoms with E-state index >= 15 is 0 Å². The predicted octanol–water partition coefficient (Wildman–Crippen LogP) is 0.888. The zero-order valence-electron chi connectivity index (χ0n) is 11.5. The number of anilines is 2. The summed E-state index contributed by atoms with van der Waals surface area (Å²) in [7, 11) is -2.03. The van der Waals surface area contributed by atoms with Crippen LogP contribution >= 0.6 is 0 Å². The highest BCUT2D eigenvalue weighted by molar-refractivity contribution is 7.89. The summed E-state index contributed by atoms with van der Waals surface area (Å²) in [6.45, 7) is 1.80. The number of alkyl halides is 3. The predicted molar refractivity (Wildman–Crippen MR) is 72.5 cm³/mol. The first-order valence-electron chi connectivity index (χ1n) is 6.03. The number of halogens is 3. The summed E-state index contributed by atoms with van der Waals surface area (Å²) in [6, 6.07) is 1.26. The molecule has 3 N–H and O–H groups in total. The molecule has 0 aromatic carbocycles. The van der Waals surface area contributed by atoms with Crippen LogP contribution in [-0.2, 0) is 16.2 Å². The van der Waals surface area contributed by atoms with Crippen molar-refractivity contribution in [1.82, 2.24) is 14.7 Å². The number of rotatable bonds is 7. The molecule has 0 aliphatic rings. The minimum absolute atomic E-state index is 0.0191. The Hall–Kier alpha value is -1.62. The number of nitrogens with one attached hydrogen (secondary N) is 3. The quantitative estimate of drug-likeness (QED) is 0.688. The standard InChI is InChI=1S/C10H16F3N5O2S/c1-3-16-21(19,20)5-4-15-8-6-7(14-2)17-9(18-8)10(11,12)13/h6,16H,3-5H2,1-2H3,(H2,14,15,17,18). The second-order valence-corrected chi connectivity index (χ2v) is 5.88. The average molecular weight is 327 g/mol. The fourth-order valence-corrected chi connectivity index (χ4v) is 2.35. The zero-order chi connectivity index (χ0) is 16.1. The molecule has 0 bridgehead atoms. The van der Waals surface area contributed by atoms with Crippen LogP contribution in [0.4, 0.5) is 24.8 Å². The molecule has 1 aromatic heterocycles. The Kier molecular flexibility index (Phi) is 5.72. The lowest BCUT2D eigenvalue weighted by Gasteiger charge is -2.11. The monoisotopic (exact) mass is 327 g/mol. The van der Waals surface area contributed by atoms with E-state index in [0.717, 1.165) is 0 Å². The lowest BCUT2D eigenvalue weighted by atomic mass is 10.4. The lowest BCUT2D eigenvalue weighted by Crippen LogP contribution is -2.29. The first kappa shape index (κ1) is 17.4. The molecule has 0 radical (unpaired) electrons. The fraction of sp³-hybridized carbons (Fsp3) is 0.600. The van der Waals surface area contributed by atoms with E-state index in [1.807, 2.05) is 0 Å². The molecule has 1 rings (SSSR count). The summed E-state index contributed by atoms with van der Waals surface area (Å²) in [6.07, 6.45) is -4.68. The van der Waals surface area contributed by atoms with Gasteiger partial charge in [-0.1, -0.05) is 6.92 Å². The van der Waals surface area contributed by atoms with Crippen LogP contribution in [0.2, 0.25) is 0 Å². The highest BCUT2D eigenvalue weighted by Crippen LogP contribution is 2.28. The van der Waals surface area contributed by atoms with Gasteiger partial charge in [0.1, 0.15) is 11.6 Å². The Bertz CT molecular complexity index is 577. The second kappa shape index (κ2) is 6.89. The fourth-order valence-electron chi connectivity index (χ4n) is 1.40. The van der Waals surface area contributed by atoms with E-state index in [4.69, 9.17) is 0 Å². The molecule has 0 saturated heterocycles. The highest BCUT2D eigenvalue weighted by atomic mass is 32.2. The summed E-state index contributed by atoms with van der Waals surface area (Å²) in [5.74, 6) is -1.70. The van der Waals surface area contributed by atoms with E-state index in [1.54, 1.807) is 6.92 Å². The Labute approximate surface area is 120 Å². The van der Waals surface area contributed by atoms with Gasteiger partial charge < -0.3 is 10.6 Å². The summed E-state index contributed by atoms with van der Waals surface area (Å²) >= 11 is 0. The molecule has 1 heterocycles. The summed E-state index contributed by atoms with van der Waals surface area (Å²) < 4.78 is 62.9. The average Bonchev–Trinajstić information content (AvgIpc) is 2.37. The Morgan fingerprint density at radius 3 is 2.38 bits per heavy atom. The van der Waals surface area contributed by atoms with Crippen molar-refractivity contribution in [3.8, 4) is 0 Å². The van der Waals surface area contributed by atoms with Crippen molar-refractivity contribution in [2.75, 3.05) is 36.5 Å². The molecule has 0 spiro atoms. The van der Waals surface area contributed by atoms with Crippen molar-refractivity contribution < 1.29 is 21.6 Å². The van der Waals surface area contributed by atoms with Gasteiger partial charge in [-0.15, -0.1) is 0 Å². The summed E-state index contributed by atoms with van der Waals surface area (Å²) in [4.78, 5) is 6.61. The minimum Gasteiger partial charge on any atom is -0.373 e. The first-order valence-corrected chi connectivity index (χ1v) is 7.68. The number of sulfonamides is 1. The van der Waals surface area contributed by atoms with Crippen LogP contribution in [0.5, 0.6) is 0 Å². The van der Waals surface area contributed by atoms with Crippen molar-refractivity contribution in [1.29, 1.82) is 0 Å². The maximum absolute atomic E-state index is 12.6. The van der Waals surface area contributed by atoms with Gasteiger partial charge in [-0.05, 0) is 0 Å². The maximum atomic E-state index is 12.6. The maximum Gasteiger partial charge on any atom is 0.451 e. The topological polar surface area (TPSA) is 96.0 Å². The second-order valence-electron chi connectivity index (χ2n) is 3.95. The third-order valence-electron chi connectivity index (χ3n) is 2.28. The smallest absolute Gasteiger partial charge is 0.373 e. The van der Waals surface area contributed by atoms with Gasteiger partial charge in [0.2, 0.25) is 15.8 Å². The van der Waals surface area contributed by atoms with Crippen molar-refractivity contribution in [2.45, 2.75) is 13.1 Å². The van der Waals surface area contributed by atoms with Crippen LogP contribution in [0.1, 0.15) is 12.7 Å². The molecule has 7 nitrogen and oxygen atoms in total. The molecule has 0 unspecified atom stereocenters. The molecule has 0 amide bonds. The lowest BCUT2D eigenvalue weighted by molar-refractivity contribution is -0.144. The van der Waals surface area contributed by atoms with E-state index in [2.05, 4.69) is 25.3 Å². The van der Waals surface area contributed by atoms with Gasteiger partial charge in [0, 0.05) is 26.2 Å². The number of nitrogens with zero attached hydrogens (tertiary/aromatic N) is 2. The third kappa shape index (κ3) is 5.71. The minimum atomic E-state index is -4.68. The largest absolute Gasteiger partial charge is 0.451 e. The SMILES string of the molecule is CCNS(=O)(=O)CCNc1cc(NC)nc(C(F)(F)F)n1. The van der Waals surface area contributed by atoms with Crippen LogP contribution < -0.4 is 15.4 Å². The van der Waals surface area contributed by atoms with E-state index in [1.165, 1.54) is 13.1 Å². The van der Waals surface area contributed by atoms with Crippen LogP contribution in [0.3, 0.4) is 0 Å². The van der Waals surface area contributed by atoms with E-state index in [9.17, 15) is 21.6 Å². The third-order valence-corrected chi connectivity index (χ3v) is 3.75. The molecule has 0 saturated carbocycles. The molecule has 0 atom stereocenters. The molecule has 0 fully saturated rings. The number of aromatic nitrogens is 2. The van der Waals surface area contributed by atoms with Crippen LogP contribution in [0, 0.1) is 0 Å². The molecule has 21 heavy (non-hydrogen) atoms. The van der Waals surface area contributed by atoms with E-state index < -0.39 is 22.0 Å². The highest BCUT2D eigenvalue weighted by Gasteiger charge is 2.35. The van der Waals surface area contributed by atoms with Crippen molar-refractivity contribution in [3.05, 3.63) is 11.9 Å². The first-order chi connectivity index (χ1) is 9.68. The molecule has 0 aliphatic heterocycles. The van der Waals surface area contributed by atoms with Gasteiger partial charge >= 0.3 is 6.18 Å². The van der Waals surface area contributed by atoms with Gasteiger partial charge in [0.15, 0.2) is 0 Å². The zero-order valence-corrected chi connectivity index (χ0v) is 12.3. The van der Waals surface area contributed by atoms with E-state index in [-0.39, 0.29) is 30.5 Å².